The molecular formula is C19H17NOS. The molecule has 0 saturated heterocycles. The summed E-state index contributed by atoms with van der Waals surface area (Å²) in [4.78, 5) is 15.2. The number of nitrogen functional groups attached to an aromatic ring is 1. The number of hydrogen-bond acceptors (Lipinski definition) is 2. The molecule has 0 aliphatic heterocycles. The van der Waals surface area contributed by atoms with E-state index >= 15 is 0 Å². The van der Waals surface area contributed by atoms with Gasteiger partial charge in [0.15, 0.2) is 0 Å². The van der Waals surface area contributed by atoms with E-state index in [9.17, 15) is 4.79 Å². The van der Waals surface area contributed by atoms with Crippen molar-refractivity contribution >= 4 is 21.7 Å². The van der Waals surface area contributed by atoms with Crippen molar-refractivity contribution in [3.63, 3.8) is 0 Å². The Morgan fingerprint density at radius 3 is 1.59 bits per heavy atom. The van der Waals surface area contributed by atoms with Gasteiger partial charge < -0.3 is 5.73 Å². The third-order valence-corrected chi connectivity index (χ3v) is 5.68. The summed E-state index contributed by atoms with van der Waals surface area (Å²) >= 11 is 0. The zero-order valence-electron chi connectivity index (χ0n) is 12.0. The van der Waals surface area contributed by atoms with E-state index in [0.717, 1.165) is 9.79 Å². The topological polar surface area (TPSA) is 43.1 Å². The first-order valence-corrected chi connectivity index (χ1v) is 8.40. The predicted octanol–water partition coefficient (Wildman–Crippen LogP) is 4.53. The minimum absolute atomic E-state index is 0.146. The van der Waals surface area contributed by atoms with Gasteiger partial charge in [-0.1, -0.05) is 36.4 Å². The first-order valence-electron chi connectivity index (χ1n) is 7.06. The summed E-state index contributed by atoms with van der Waals surface area (Å²) in [5.74, 6) is 0. The lowest BCUT2D eigenvalue weighted by Gasteiger charge is -2.21. The predicted molar refractivity (Wildman–Crippen MR) is 93.6 cm³/mol. The van der Waals surface area contributed by atoms with Crippen LogP contribution in [0.1, 0.15) is 10.4 Å². The molecule has 3 aromatic carbocycles. The monoisotopic (exact) mass is 307 g/mol. The van der Waals surface area contributed by atoms with Crippen molar-refractivity contribution in [1.82, 2.24) is 0 Å². The minimum atomic E-state index is -1.08. The average Bonchev–Trinajstić information content (AvgIpc) is 2.57. The third-order valence-electron chi connectivity index (χ3n) is 3.39. The van der Waals surface area contributed by atoms with Gasteiger partial charge in [-0.05, 0) is 58.3 Å². The molecule has 0 aliphatic carbocycles. The molecular weight excluding hydrogens is 290 g/mol. The van der Waals surface area contributed by atoms with E-state index in [4.69, 9.17) is 5.73 Å². The van der Waals surface area contributed by atoms with E-state index in [0.29, 0.717) is 11.3 Å². The van der Waals surface area contributed by atoms with Gasteiger partial charge in [0.2, 0.25) is 5.12 Å². The second-order valence-electron chi connectivity index (χ2n) is 4.93. The van der Waals surface area contributed by atoms with Gasteiger partial charge in [-0.25, -0.2) is 0 Å². The van der Waals surface area contributed by atoms with E-state index in [1.165, 1.54) is 0 Å². The normalized spacial score (nSPS) is 11.0. The van der Waals surface area contributed by atoms with Crippen molar-refractivity contribution in [2.45, 2.75) is 9.79 Å². The number of rotatable bonds is 3. The molecule has 0 heterocycles. The lowest BCUT2D eigenvalue weighted by molar-refractivity contribution is 0.108. The fraction of sp³-hybridized carbons (Fsp3) is 0. The number of thiol groups is 1. The summed E-state index contributed by atoms with van der Waals surface area (Å²) in [7, 11) is -1.08. The number of benzene rings is 3. The molecule has 0 unspecified atom stereocenters. The molecule has 110 valence electrons. The molecule has 0 bridgehead atoms. The largest absolute Gasteiger partial charge is 0.399 e. The Morgan fingerprint density at radius 1 is 0.682 bits per heavy atom. The summed E-state index contributed by atoms with van der Waals surface area (Å²) in [6.45, 7) is 0. The Balaban J connectivity index is 2.06. The quantitative estimate of drug-likeness (QED) is 0.551. The molecule has 22 heavy (non-hydrogen) atoms. The number of hydrogen-bond donors (Lipinski definition) is 2. The Kier molecular flexibility index (Phi) is 4.26. The Bertz CT molecular complexity index is 715. The van der Waals surface area contributed by atoms with Gasteiger partial charge in [-0.2, -0.15) is 0 Å². The molecule has 3 heteroatoms. The zero-order chi connectivity index (χ0) is 15.4. The van der Waals surface area contributed by atoms with Crippen LogP contribution in [-0.2, 0) is 0 Å². The summed E-state index contributed by atoms with van der Waals surface area (Å²) in [6, 6.07) is 27.1. The molecule has 0 atom stereocenters. The minimum Gasteiger partial charge on any atom is -0.399 e. The van der Waals surface area contributed by atoms with Crippen LogP contribution >= 0.6 is 10.9 Å². The van der Waals surface area contributed by atoms with Crippen molar-refractivity contribution in [3.8, 4) is 0 Å². The van der Waals surface area contributed by atoms with E-state index in [1.807, 2.05) is 60.7 Å². The lowest BCUT2D eigenvalue weighted by Crippen LogP contribution is -2.02. The SMILES string of the molecule is Nc1ccc(C(=O)[SH](c2ccccc2)c2ccccc2)cc1. The Labute approximate surface area is 133 Å². The molecule has 3 aromatic rings. The van der Waals surface area contributed by atoms with Gasteiger partial charge in [0.05, 0.1) is 0 Å². The van der Waals surface area contributed by atoms with Crippen LogP contribution in [0, 0.1) is 0 Å². The maximum Gasteiger partial charge on any atom is 0.207 e. The van der Waals surface area contributed by atoms with Crippen LogP contribution in [-0.4, -0.2) is 5.12 Å². The van der Waals surface area contributed by atoms with Crippen LogP contribution in [0.3, 0.4) is 0 Å². The summed E-state index contributed by atoms with van der Waals surface area (Å²) in [6.07, 6.45) is 0. The average molecular weight is 307 g/mol. The highest BCUT2D eigenvalue weighted by Crippen LogP contribution is 2.46. The van der Waals surface area contributed by atoms with Gasteiger partial charge in [-0.15, -0.1) is 10.9 Å². The maximum absolute atomic E-state index is 13.0. The highest BCUT2D eigenvalue weighted by molar-refractivity contribution is 8.30. The van der Waals surface area contributed by atoms with E-state index in [-0.39, 0.29) is 5.12 Å². The molecule has 2 N–H and O–H groups in total. The van der Waals surface area contributed by atoms with Crippen molar-refractivity contribution < 1.29 is 4.79 Å². The molecule has 0 saturated carbocycles. The highest BCUT2D eigenvalue weighted by Gasteiger charge is 2.19. The standard InChI is InChI=1S/C19H17NOS/c20-16-13-11-15(12-14-16)19(21)22(17-7-3-1-4-8-17)18-9-5-2-6-10-18/h1-14,22H,20H2. The van der Waals surface area contributed by atoms with E-state index in [1.54, 1.807) is 24.3 Å². The first-order chi connectivity index (χ1) is 10.8. The van der Waals surface area contributed by atoms with Crippen LogP contribution < -0.4 is 5.73 Å². The maximum atomic E-state index is 13.0. The van der Waals surface area contributed by atoms with Crippen LogP contribution in [0.25, 0.3) is 0 Å². The van der Waals surface area contributed by atoms with Crippen molar-refractivity contribution in [1.29, 1.82) is 0 Å². The first kappa shape index (κ1) is 14.4. The number of carbonyl (C=O) groups excluding carboxylic acids is 1. The van der Waals surface area contributed by atoms with Gasteiger partial charge in [0.25, 0.3) is 0 Å². The molecule has 0 aliphatic rings. The molecule has 0 radical (unpaired) electrons. The summed E-state index contributed by atoms with van der Waals surface area (Å²) in [5, 5.41) is 0.146. The smallest absolute Gasteiger partial charge is 0.207 e. The number of anilines is 1. The van der Waals surface area contributed by atoms with E-state index < -0.39 is 10.9 Å². The van der Waals surface area contributed by atoms with Crippen molar-refractivity contribution in [3.05, 3.63) is 90.5 Å². The second kappa shape index (κ2) is 6.50. The van der Waals surface area contributed by atoms with Crippen LogP contribution in [0.2, 0.25) is 0 Å². The highest BCUT2D eigenvalue weighted by atomic mass is 32.2. The Morgan fingerprint density at radius 2 is 1.14 bits per heavy atom. The van der Waals surface area contributed by atoms with E-state index in [2.05, 4.69) is 0 Å². The summed E-state index contributed by atoms with van der Waals surface area (Å²) in [5.41, 5.74) is 7.09. The fourth-order valence-electron chi connectivity index (χ4n) is 2.29. The summed E-state index contributed by atoms with van der Waals surface area (Å²) < 4.78 is 0. The van der Waals surface area contributed by atoms with Crippen molar-refractivity contribution in [2.75, 3.05) is 5.73 Å². The fourth-order valence-corrected chi connectivity index (χ4v) is 4.41. The molecule has 0 aromatic heterocycles. The van der Waals surface area contributed by atoms with Crippen molar-refractivity contribution in [2.24, 2.45) is 0 Å². The molecule has 3 rings (SSSR count). The molecule has 0 fully saturated rings. The van der Waals surface area contributed by atoms with Gasteiger partial charge in [0, 0.05) is 11.3 Å². The van der Waals surface area contributed by atoms with Gasteiger partial charge in [-0.3, -0.25) is 4.79 Å². The molecule has 0 amide bonds. The lowest BCUT2D eigenvalue weighted by atomic mass is 10.2. The Hall–Kier alpha value is -2.52. The third kappa shape index (κ3) is 3.05. The van der Waals surface area contributed by atoms with Crippen LogP contribution in [0.15, 0.2) is 94.7 Å². The number of nitrogens with two attached hydrogens (primary N) is 1. The van der Waals surface area contributed by atoms with Gasteiger partial charge >= 0.3 is 0 Å². The second-order valence-corrected chi connectivity index (χ2v) is 7.04. The zero-order valence-corrected chi connectivity index (χ0v) is 12.9. The molecule has 2 nitrogen and oxygen atoms in total. The number of carbonyl (C=O) groups is 1. The molecule has 0 spiro atoms. The van der Waals surface area contributed by atoms with Gasteiger partial charge in [0.1, 0.15) is 0 Å². The van der Waals surface area contributed by atoms with Crippen LogP contribution in [0.5, 0.6) is 0 Å². The van der Waals surface area contributed by atoms with Crippen LogP contribution in [0.4, 0.5) is 5.69 Å².